The van der Waals surface area contributed by atoms with Gasteiger partial charge in [-0.25, -0.2) is 4.98 Å². The molecule has 2 heterocycles. The van der Waals surface area contributed by atoms with Gasteiger partial charge in [0.15, 0.2) is 5.13 Å². The average molecular weight is 406 g/mol. The third-order valence-electron chi connectivity index (χ3n) is 5.88. The normalized spacial score (nSPS) is 17.9. The van der Waals surface area contributed by atoms with Gasteiger partial charge in [0, 0.05) is 24.4 Å². The van der Waals surface area contributed by atoms with Crippen molar-refractivity contribution < 1.29 is 4.74 Å². The lowest BCUT2D eigenvalue weighted by Gasteiger charge is -2.22. The summed E-state index contributed by atoms with van der Waals surface area (Å²) in [6.45, 7) is 0. The maximum absolute atomic E-state index is 6.17. The van der Waals surface area contributed by atoms with Crippen molar-refractivity contribution in [2.45, 2.75) is 63.8 Å². The molecule has 1 aromatic carbocycles. The summed E-state index contributed by atoms with van der Waals surface area (Å²) >= 11 is 1.72. The number of anilines is 1. The number of pyridine rings is 1. The van der Waals surface area contributed by atoms with E-state index in [1.165, 1.54) is 50.5 Å². The number of rotatable bonds is 5. The van der Waals surface area contributed by atoms with Crippen LogP contribution in [0.4, 0.5) is 5.13 Å². The largest absolute Gasteiger partial charge is 0.457 e. The monoisotopic (exact) mass is 405 g/mol. The minimum Gasteiger partial charge on any atom is -0.457 e. The Balaban J connectivity index is 1.32. The molecule has 150 valence electrons. The van der Waals surface area contributed by atoms with Gasteiger partial charge in [0.05, 0.1) is 15.9 Å². The first-order valence-corrected chi connectivity index (χ1v) is 11.7. The standard InChI is InChI=1S/C24H27N3OS/c1-3-7-17(8-4-1)22-15-20(13-14-25-22)28-19-11-12-21-23(16-19)29-24(27-21)26-18-9-5-2-6-10-18/h7,11-16,18H,1-6,8-10H2,(H,26,27). The van der Waals surface area contributed by atoms with E-state index < -0.39 is 0 Å². The molecule has 0 spiro atoms. The van der Waals surface area contributed by atoms with Crippen molar-refractivity contribution >= 4 is 32.3 Å². The molecule has 0 unspecified atom stereocenters. The molecule has 5 heteroatoms. The molecule has 0 atom stereocenters. The van der Waals surface area contributed by atoms with Crippen LogP contribution in [0.25, 0.3) is 15.8 Å². The van der Waals surface area contributed by atoms with Crippen LogP contribution in [0.15, 0.2) is 42.6 Å². The first-order valence-electron chi connectivity index (χ1n) is 10.8. The lowest BCUT2D eigenvalue weighted by molar-refractivity contribution is 0.462. The number of nitrogens with one attached hydrogen (secondary N) is 1. The summed E-state index contributed by atoms with van der Waals surface area (Å²) < 4.78 is 7.33. The molecule has 0 amide bonds. The van der Waals surface area contributed by atoms with E-state index in [9.17, 15) is 0 Å². The van der Waals surface area contributed by atoms with Crippen LogP contribution in [0.2, 0.25) is 0 Å². The molecule has 1 fully saturated rings. The van der Waals surface area contributed by atoms with Gasteiger partial charge in [-0.1, -0.05) is 36.7 Å². The topological polar surface area (TPSA) is 47.0 Å². The Labute approximate surface area is 176 Å². The van der Waals surface area contributed by atoms with Gasteiger partial charge in [-0.05, 0) is 62.3 Å². The third-order valence-corrected chi connectivity index (χ3v) is 6.83. The molecule has 2 aliphatic carbocycles. The number of allylic oxidation sites excluding steroid dienone is 2. The van der Waals surface area contributed by atoms with Crippen LogP contribution < -0.4 is 10.1 Å². The molecule has 1 saturated carbocycles. The molecule has 0 radical (unpaired) electrons. The zero-order valence-electron chi connectivity index (χ0n) is 16.7. The Hall–Kier alpha value is -2.40. The van der Waals surface area contributed by atoms with Crippen LogP contribution in [-0.4, -0.2) is 16.0 Å². The van der Waals surface area contributed by atoms with Gasteiger partial charge in [-0.15, -0.1) is 0 Å². The molecule has 0 bridgehead atoms. The number of hydrogen-bond donors (Lipinski definition) is 1. The second-order valence-electron chi connectivity index (χ2n) is 8.08. The third kappa shape index (κ3) is 4.45. The van der Waals surface area contributed by atoms with Gasteiger partial charge in [0.2, 0.25) is 0 Å². The number of benzene rings is 1. The predicted molar refractivity (Wildman–Crippen MR) is 121 cm³/mol. The smallest absolute Gasteiger partial charge is 0.184 e. The molecular formula is C24H27N3OS. The second kappa shape index (κ2) is 8.54. The lowest BCUT2D eigenvalue weighted by atomic mass is 9.96. The maximum Gasteiger partial charge on any atom is 0.184 e. The Morgan fingerprint density at radius 2 is 1.86 bits per heavy atom. The van der Waals surface area contributed by atoms with Crippen LogP contribution in [-0.2, 0) is 0 Å². The minimum atomic E-state index is 0.573. The Morgan fingerprint density at radius 1 is 0.966 bits per heavy atom. The van der Waals surface area contributed by atoms with E-state index in [0.717, 1.165) is 45.4 Å². The van der Waals surface area contributed by atoms with E-state index >= 15 is 0 Å². The van der Waals surface area contributed by atoms with Crippen molar-refractivity contribution in [3.63, 3.8) is 0 Å². The molecule has 29 heavy (non-hydrogen) atoms. The van der Waals surface area contributed by atoms with E-state index in [0.29, 0.717) is 6.04 Å². The summed E-state index contributed by atoms with van der Waals surface area (Å²) in [4.78, 5) is 9.31. The van der Waals surface area contributed by atoms with Crippen molar-refractivity contribution in [2.75, 3.05) is 5.32 Å². The molecular weight excluding hydrogens is 378 g/mol. The first kappa shape index (κ1) is 18.6. The second-order valence-corrected chi connectivity index (χ2v) is 9.11. The molecule has 3 aromatic rings. The van der Waals surface area contributed by atoms with Crippen molar-refractivity contribution in [3.05, 3.63) is 48.3 Å². The van der Waals surface area contributed by atoms with Crippen molar-refractivity contribution in [1.29, 1.82) is 0 Å². The highest BCUT2D eigenvalue weighted by Crippen LogP contribution is 2.33. The summed E-state index contributed by atoms with van der Waals surface area (Å²) in [5, 5.41) is 4.66. The van der Waals surface area contributed by atoms with Crippen LogP contribution in [0.1, 0.15) is 63.5 Å². The fraction of sp³-hybridized carbons (Fsp3) is 0.417. The molecule has 2 aromatic heterocycles. The molecule has 0 aliphatic heterocycles. The van der Waals surface area contributed by atoms with Gasteiger partial charge in [-0.2, -0.15) is 0 Å². The fourth-order valence-electron chi connectivity index (χ4n) is 4.31. The Bertz CT molecular complexity index is 1020. The summed E-state index contributed by atoms with van der Waals surface area (Å²) in [5.74, 6) is 1.69. The van der Waals surface area contributed by atoms with Crippen LogP contribution in [0.5, 0.6) is 11.5 Å². The van der Waals surface area contributed by atoms with Gasteiger partial charge in [0.1, 0.15) is 11.5 Å². The number of nitrogens with zero attached hydrogens (tertiary/aromatic N) is 2. The van der Waals surface area contributed by atoms with Crippen LogP contribution >= 0.6 is 11.3 Å². The number of ether oxygens (including phenoxy) is 1. The average Bonchev–Trinajstić information content (AvgIpc) is 3.17. The molecule has 4 nitrogen and oxygen atoms in total. The Morgan fingerprint density at radius 3 is 2.72 bits per heavy atom. The maximum atomic E-state index is 6.17. The van der Waals surface area contributed by atoms with Crippen molar-refractivity contribution in [3.8, 4) is 11.5 Å². The fourth-order valence-corrected chi connectivity index (χ4v) is 5.28. The van der Waals surface area contributed by atoms with E-state index in [2.05, 4.69) is 34.6 Å². The van der Waals surface area contributed by atoms with E-state index in [-0.39, 0.29) is 0 Å². The van der Waals surface area contributed by atoms with E-state index in [4.69, 9.17) is 9.72 Å². The molecule has 0 saturated heterocycles. The van der Waals surface area contributed by atoms with Gasteiger partial charge < -0.3 is 10.1 Å². The minimum absolute atomic E-state index is 0.573. The van der Waals surface area contributed by atoms with Crippen LogP contribution in [0.3, 0.4) is 0 Å². The summed E-state index contributed by atoms with van der Waals surface area (Å²) in [7, 11) is 0. The van der Waals surface area contributed by atoms with Gasteiger partial charge >= 0.3 is 0 Å². The van der Waals surface area contributed by atoms with Crippen molar-refractivity contribution in [2.24, 2.45) is 0 Å². The van der Waals surface area contributed by atoms with E-state index in [1.54, 1.807) is 11.3 Å². The molecule has 1 N–H and O–H groups in total. The summed E-state index contributed by atoms with van der Waals surface area (Å²) in [6, 6.07) is 10.7. The van der Waals surface area contributed by atoms with Gasteiger partial charge in [-0.3, -0.25) is 4.98 Å². The zero-order valence-corrected chi connectivity index (χ0v) is 17.5. The van der Waals surface area contributed by atoms with Gasteiger partial charge in [0.25, 0.3) is 0 Å². The quantitative estimate of drug-likeness (QED) is 0.488. The van der Waals surface area contributed by atoms with Crippen molar-refractivity contribution in [1.82, 2.24) is 9.97 Å². The highest BCUT2D eigenvalue weighted by molar-refractivity contribution is 7.22. The highest BCUT2D eigenvalue weighted by atomic mass is 32.1. The lowest BCUT2D eigenvalue weighted by Crippen LogP contribution is -2.21. The SMILES string of the molecule is C1=C(c2cc(Oc3ccc4nc(NC5CCCCC5)sc4c3)ccn2)CCCC1. The zero-order chi connectivity index (χ0) is 19.5. The highest BCUT2D eigenvalue weighted by Gasteiger charge is 2.15. The van der Waals surface area contributed by atoms with Crippen LogP contribution in [0, 0.1) is 0 Å². The summed E-state index contributed by atoms with van der Waals surface area (Å²) in [5.41, 5.74) is 3.42. The number of aromatic nitrogens is 2. The number of fused-ring (bicyclic) bond motifs is 1. The first-order chi connectivity index (χ1) is 14.3. The number of hydrogen-bond acceptors (Lipinski definition) is 5. The van der Waals surface area contributed by atoms with E-state index in [1.807, 2.05) is 18.3 Å². The number of thiazole rings is 1. The molecule has 5 rings (SSSR count). The summed E-state index contributed by atoms with van der Waals surface area (Å²) in [6.07, 6.45) is 15.5. The predicted octanol–water partition coefficient (Wildman–Crippen LogP) is 7.19. The Kier molecular flexibility index (Phi) is 5.48. The molecule has 2 aliphatic rings.